The summed E-state index contributed by atoms with van der Waals surface area (Å²) < 4.78 is 18.2. The smallest absolute Gasteiger partial charge is 0.123 e. The number of hydrogen-bond acceptors (Lipinski definition) is 2. The van der Waals surface area contributed by atoms with Crippen LogP contribution in [0.3, 0.4) is 0 Å². The fraction of sp³-hybridized carbons (Fsp3) is 0.250. The summed E-state index contributed by atoms with van der Waals surface area (Å²) >= 11 is 0. The first-order valence-corrected chi connectivity index (χ1v) is 6.36. The number of nitrogens with one attached hydrogen (secondary N) is 1. The third kappa shape index (κ3) is 4.38. The number of ether oxygens (including phenoxy) is 1. The van der Waals surface area contributed by atoms with Gasteiger partial charge in [-0.1, -0.05) is 24.3 Å². The number of halogens is 1. The zero-order chi connectivity index (χ0) is 13.5. The molecule has 0 bridgehead atoms. The maximum absolute atomic E-state index is 13.0. The van der Waals surface area contributed by atoms with E-state index < -0.39 is 0 Å². The van der Waals surface area contributed by atoms with Crippen molar-refractivity contribution >= 4 is 0 Å². The lowest BCUT2D eigenvalue weighted by Crippen LogP contribution is -2.16. The lowest BCUT2D eigenvalue weighted by atomic mass is 10.1. The standard InChI is InChI=1S/C16H18FNO/c1-19-16-7-3-4-13(11-16)8-9-18-12-14-5-2-6-15(17)10-14/h2-7,10-11,18H,8-9,12H2,1H3. The predicted molar refractivity (Wildman–Crippen MR) is 74.8 cm³/mol. The first-order valence-electron chi connectivity index (χ1n) is 6.36. The van der Waals surface area contributed by atoms with E-state index >= 15 is 0 Å². The molecule has 2 aromatic carbocycles. The minimum Gasteiger partial charge on any atom is -0.497 e. The van der Waals surface area contributed by atoms with Crippen LogP contribution < -0.4 is 10.1 Å². The van der Waals surface area contributed by atoms with Crippen molar-refractivity contribution in [2.45, 2.75) is 13.0 Å². The van der Waals surface area contributed by atoms with Crippen LogP contribution in [0.4, 0.5) is 4.39 Å². The Bertz CT molecular complexity index is 528. The Balaban J connectivity index is 1.77. The van der Waals surface area contributed by atoms with Crippen LogP contribution in [0.25, 0.3) is 0 Å². The molecule has 0 amide bonds. The third-order valence-electron chi connectivity index (χ3n) is 2.94. The van der Waals surface area contributed by atoms with Gasteiger partial charge in [0.1, 0.15) is 11.6 Å². The molecule has 0 aromatic heterocycles. The Kier molecular flexibility index (Phi) is 4.93. The van der Waals surface area contributed by atoms with E-state index in [1.807, 2.05) is 24.3 Å². The van der Waals surface area contributed by atoms with Crippen molar-refractivity contribution < 1.29 is 9.13 Å². The Morgan fingerprint density at radius 1 is 1.05 bits per heavy atom. The largest absolute Gasteiger partial charge is 0.497 e. The highest BCUT2D eigenvalue weighted by Gasteiger charge is 1.97. The molecule has 0 aliphatic carbocycles. The van der Waals surface area contributed by atoms with Gasteiger partial charge in [-0.25, -0.2) is 4.39 Å². The Hall–Kier alpha value is -1.87. The van der Waals surface area contributed by atoms with Gasteiger partial charge in [0.2, 0.25) is 0 Å². The molecule has 2 aromatic rings. The van der Waals surface area contributed by atoms with Gasteiger partial charge in [-0.3, -0.25) is 0 Å². The minimum atomic E-state index is -0.188. The predicted octanol–water partition coefficient (Wildman–Crippen LogP) is 3.17. The molecule has 19 heavy (non-hydrogen) atoms. The molecule has 0 aliphatic heterocycles. The van der Waals surface area contributed by atoms with Crippen LogP contribution in [0.5, 0.6) is 5.75 Å². The summed E-state index contributed by atoms with van der Waals surface area (Å²) in [5.41, 5.74) is 2.19. The topological polar surface area (TPSA) is 21.3 Å². The molecule has 0 spiro atoms. The van der Waals surface area contributed by atoms with Crippen LogP contribution >= 0.6 is 0 Å². The molecule has 2 nitrogen and oxygen atoms in total. The van der Waals surface area contributed by atoms with Crippen LogP contribution in [0.1, 0.15) is 11.1 Å². The lowest BCUT2D eigenvalue weighted by molar-refractivity contribution is 0.414. The monoisotopic (exact) mass is 259 g/mol. The number of rotatable bonds is 6. The molecular weight excluding hydrogens is 241 g/mol. The van der Waals surface area contributed by atoms with Gasteiger partial charge in [0.25, 0.3) is 0 Å². The highest BCUT2D eigenvalue weighted by atomic mass is 19.1. The van der Waals surface area contributed by atoms with Gasteiger partial charge in [0, 0.05) is 6.54 Å². The normalized spacial score (nSPS) is 10.4. The second kappa shape index (κ2) is 6.90. The molecule has 100 valence electrons. The molecule has 0 unspecified atom stereocenters. The van der Waals surface area contributed by atoms with E-state index in [0.29, 0.717) is 6.54 Å². The van der Waals surface area contributed by atoms with Crippen LogP contribution in [0.2, 0.25) is 0 Å². The summed E-state index contributed by atoms with van der Waals surface area (Å²) in [5, 5.41) is 3.31. The van der Waals surface area contributed by atoms with Crippen molar-refractivity contribution in [1.29, 1.82) is 0 Å². The number of hydrogen-bond donors (Lipinski definition) is 1. The van der Waals surface area contributed by atoms with E-state index in [9.17, 15) is 4.39 Å². The van der Waals surface area contributed by atoms with Gasteiger partial charge < -0.3 is 10.1 Å². The minimum absolute atomic E-state index is 0.188. The molecule has 2 rings (SSSR count). The maximum atomic E-state index is 13.0. The van der Waals surface area contributed by atoms with E-state index in [1.54, 1.807) is 19.2 Å². The Labute approximate surface area is 113 Å². The molecule has 0 aliphatic rings. The summed E-state index contributed by atoms with van der Waals surface area (Å²) in [5.74, 6) is 0.690. The van der Waals surface area contributed by atoms with Gasteiger partial charge in [-0.05, 0) is 48.4 Å². The number of methoxy groups -OCH3 is 1. The summed E-state index contributed by atoms with van der Waals surface area (Å²) in [4.78, 5) is 0. The summed E-state index contributed by atoms with van der Waals surface area (Å²) in [6.45, 7) is 1.53. The van der Waals surface area contributed by atoms with Gasteiger partial charge in [0.05, 0.1) is 7.11 Å². The van der Waals surface area contributed by atoms with Crippen molar-refractivity contribution in [3.63, 3.8) is 0 Å². The van der Waals surface area contributed by atoms with Gasteiger partial charge in [-0.15, -0.1) is 0 Å². The molecule has 0 heterocycles. The van der Waals surface area contributed by atoms with Crippen molar-refractivity contribution in [3.05, 3.63) is 65.5 Å². The third-order valence-corrected chi connectivity index (χ3v) is 2.94. The first kappa shape index (κ1) is 13.6. The number of benzene rings is 2. The zero-order valence-electron chi connectivity index (χ0n) is 11.0. The average Bonchev–Trinajstić information content (AvgIpc) is 2.44. The average molecular weight is 259 g/mol. The van der Waals surface area contributed by atoms with Crippen molar-refractivity contribution in [3.8, 4) is 5.75 Å². The van der Waals surface area contributed by atoms with Crippen LogP contribution in [-0.2, 0) is 13.0 Å². The van der Waals surface area contributed by atoms with Crippen molar-refractivity contribution in [2.24, 2.45) is 0 Å². The highest BCUT2D eigenvalue weighted by molar-refractivity contribution is 5.28. The Morgan fingerprint density at radius 2 is 1.84 bits per heavy atom. The van der Waals surface area contributed by atoms with Crippen LogP contribution in [-0.4, -0.2) is 13.7 Å². The Morgan fingerprint density at radius 3 is 2.63 bits per heavy atom. The van der Waals surface area contributed by atoms with Gasteiger partial charge >= 0.3 is 0 Å². The van der Waals surface area contributed by atoms with Crippen LogP contribution in [0, 0.1) is 5.82 Å². The first-order chi connectivity index (χ1) is 9.28. The summed E-state index contributed by atoms with van der Waals surface area (Å²) in [6.07, 6.45) is 0.923. The maximum Gasteiger partial charge on any atom is 0.123 e. The molecule has 0 radical (unpaired) electrons. The molecule has 0 atom stereocenters. The molecule has 0 fully saturated rings. The van der Waals surface area contributed by atoms with E-state index in [-0.39, 0.29) is 5.82 Å². The van der Waals surface area contributed by atoms with E-state index in [4.69, 9.17) is 4.74 Å². The van der Waals surface area contributed by atoms with E-state index in [1.165, 1.54) is 11.6 Å². The van der Waals surface area contributed by atoms with Gasteiger partial charge in [0.15, 0.2) is 0 Å². The SMILES string of the molecule is COc1cccc(CCNCc2cccc(F)c2)c1. The molecule has 0 saturated carbocycles. The zero-order valence-corrected chi connectivity index (χ0v) is 11.0. The molecule has 0 saturated heterocycles. The second-order valence-electron chi connectivity index (χ2n) is 4.41. The summed E-state index contributed by atoms with van der Waals surface area (Å²) in [6, 6.07) is 14.7. The fourth-order valence-electron chi connectivity index (χ4n) is 1.94. The second-order valence-corrected chi connectivity index (χ2v) is 4.41. The van der Waals surface area contributed by atoms with Crippen LogP contribution in [0.15, 0.2) is 48.5 Å². The molecular formula is C16H18FNO. The molecule has 3 heteroatoms. The fourth-order valence-corrected chi connectivity index (χ4v) is 1.94. The highest BCUT2D eigenvalue weighted by Crippen LogP contribution is 2.12. The van der Waals surface area contributed by atoms with Crippen molar-refractivity contribution in [2.75, 3.05) is 13.7 Å². The van der Waals surface area contributed by atoms with Crippen molar-refractivity contribution in [1.82, 2.24) is 5.32 Å². The molecule has 1 N–H and O–H groups in total. The van der Waals surface area contributed by atoms with E-state index in [2.05, 4.69) is 11.4 Å². The van der Waals surface area contributed by atoms with Gasteiger partial charge in [-0.2, -0.15) is 0 Å². The summed E-state index contributed by atoms with van der Waals surface area (Å²) in [7, 11) is 1.67. The lowest BCUT2D eigenvalue weighted by Gasteiger charge is -2.06. The quantitative estimate of drug-likeness (QED) is 0.805. The van der Waals surface area contributed by atoms with E-state index in [0.717, 1.165) is 24.3 Å².